The molecule has 0 saturated carbocycles. The number of carbonyl (C=O) groups is 2. The Bertz CT molecular complexity index is 964. The van der Waals surface area contributed by atoms with Crippen LogP contribution in [-0.2, 0) is 11.3 Å². The van der Waals surface area contributed by atoms with E-state index in [0.717, 1.165) is 5.56 Å². The molecule has 0 fully saturated rings. The first-order valence-corrected chi connectivity index (χ1v) is 8.30. The molecule has 136 valence electrons. The topological polar surface area (TPSA) is 63.1 Å². The number of carbonyl (C=O) groups excluding carboxylic acids is 2. The van der Waals surface area contributed by atoms with Gasteiger partial charge in [-0.3, -0.25) is 9.59 Å². The van der Waals surface area contributed by atoms with Crippen LogP contribution in [0.3, 0.4) is 0 Å². The van der Waals surface area contributed by atoms with Gasteiger partial charge in [0.1, 0.15) is 5.82 Å². The van der Waals surface area contributed by atoms with E-state index in [9.17, 15) is 14.0 Å². The molecule has 27 heavy (non-hydrogen) atoms. The molecule has 3 aromatic rings. The molecule has 0 atom stereocenters. The standard InChI is InChI=1S/C21H18FN3O2/c1-2-20(26)23-14-15-5-7-16(8-6-15)21(27)24-18-10-9-17(22)13-19(18)25-11-3-4-12-25/h2-13H,1,14H2,(H,23,26)(H,24,27). The molecular weight excluding hydrogens is 345 g/mol. The van der Waals surface area contributed by atoms with E-state index in [1.807, 2.05) is 12.1 Å². The van der Waals surface area contributed by atoms with E-state index in [1.54, 1.807) is 41.2 Å². The van der Waals surface area contributed by atoms with Crippen LogP contribution in [0.5, 0.6) is 0 Å². The molecule has 1 heterocycles. The van der Waals surface area contributed by atoms with Crippen molar-refractivity contribution in [2.24, 2.45) is 0 Å². The number of hydrogen-bond acceptors (Lipinski definition) is 2. The Balaban J connectivity index is 1.74. The number of anilines is 1. The SMILES string of the molecule is C=CC(=O)NCc1ccc(C(=O)Nc2ccc(F)cc2-n2cccc2)cc1. The highest BCUT2D eigenvalue weighted by molar-refractivity contribution is 6.05. The number of halogens is 1. The van der Waals surface area contributed by atoms with Crippen molar-refractivity contribution in [2.45, 2.75) is 6.54 Å². The molecule has 0 radical (unpaired) electrons. The minimum Gasteiger partial charge on any atom is -0.348 e. The van der Waals surface area contributed by atoms with E-state index in [1.165, 1.54) is 24.3 Å². The Labute approximate surface area is 156 Å². The number of nitrogens with zero attached hydrogens (tertiary/aromatic N) is 1. The van der Waals surface area contributed by atoms with E-state index in [2.05, 4.69) is 17.2 Å². The maximum Gasteiger partial charge on any atom is 0.255 e. The van der Waals surface area contributed by atoms with E-state index in [0.29, 0.717) is 23.5 Å². The second-order valence-electron chi connectivity index (χ2n) is 5.82. The second-order valence-corrected chi connectivity index (χ2v) is 5.82. The van der Waals surface area contributed by atoms with Crippen LogP contribution in [-0.4, -0.2) is 16.4 Å². The van der Waals surface area contributed by atoms with E-state index >= 15 is 0 Å². The lowest BCUT2D eigenvalue weighted by molar-refractivity contribution is -0.116. The molecule has 0 spiro atoms. The zero-order valence-corrected chi connectivity index (χ0v) is 14.5. The van der Waals surface area contributed by atoms with E-state index in [-0.39, 0.29) is 17.6 Å². The highest BCUT2D eigenvalue weighted by Crippen LogP contribution is 2.22. The fourth-order valence-corrected chi connectivity index (χ4v) is 2.55. The van der Waals surface area contributed by atoms with Crippen molar-refractivity contribution in [3.8, 4) is 5.69 Å². The molecule has 1 aromatic heterocycles. The molecule has 2 N–H and O–H groups in total. The largest absolute Gasteiger partial charge is 0.348 e. The molecule has 0 aliphatic carbocycles. The average molecular weight is 363 g/mol. The summed E-state index contributed by atoms with van der Waals surface area (Å²) >= 11 is 0. The van der Waals surface area contributed by atoms with Crippen molar-refractivity contribution in [3.63, 3.8) is 0 Å². The summed E-state index contributed by atoms with van der Waals surface area (Å²) in [5.41, 5.74) is 2.35. The lowest BCUT2D eigenvalue weighted by Gasteiger charge is -2.12. The van der Waals surface area contributed by atoms with Gasteiger partial charge in [0, 0.05) is 24.5 Å². The van der Waals surface area contributed by atoms with Crippen molar-refractivity contribution in [1.29, 1.82) is 0 Å². The van der Waals surface area contributed by atoms with Crippen LogP contribution in [0.25, 0.3) is 5.69 Å². The van der Waals surface area contributed by atoms with Gasteiger partial charge in [-0.05, 0) is 54.1 Å². The summed E-state index contributed by atoms with van der Waals surface area (Å²) in [7, 11) is 0. The quantitative estimate of drug-likeness (QED) is 0.657. The van der Waals surface area contributed by atoms with Crippen molar-refractivity contribution in [3.05, 3.63) is 96.6 Å². The first-order valence-electron chi connectivity index (χ1n) is 8.30. The third-order valence-corrected chi connectivity index (χ3v) is 3.96. The number of nitrogens with one attached hydrogen (secondary N) is 2. The van der Waals surface area contributed by atoms with Gasteiger partial charge in [0.25, 0.3) is 5.91 Å². The number of hydrogen-bond donors (Lipinski definition) is 2. The molecule has 0 saturated heterocycles. The van der Waals surface area contributed by atoms with Gasteiger partial charge < -0.3 is 15.2 Å². The third-order valence-electron chi connectivity index (χ3n) is 3.96. The van der Waals surface area contributed by atoms with Crippen LogP contribution in [0.1, 0.15) is 15.9 Å². The summed E-state index contributed by atoms with van der Waals surface area (Å²) in [5, 5.41) is 5.48. The predicted molar refractivity (Wildman–Crippen MR) is 102 cm³/mol. The first kappa shape index (κ1) is 18.1. The smallest absolute Gasteiger partial charge is 0.255 e. The summed E-state index contributed by atoms with van der Waals surface area (Å²) in [5.74, 6) is -0.954. The Hall–Kier alpha value is -3.67. The minimum atomic E-state index is -0.386. The Kier molecular flexibility index (Phi) is 5.47. The zero-order chi connectivity index (χ0) is 19.2. The highest BCUT2D eigenvalue weighted by atomic mass is 19.1. The molecule has 0 aliphatic rings. The van der Waals surface area contributed by atoms with Gasteiger partial charge >= 0.3 is 0 Å². The molecule has 0 bridgehead atoms. The van der Waals surface area contributed by atoms with E-state index < -0.39 is 0 Å². The molecule has 2 aromatic carbocycles. The minimum absolute atomic E-state index is 0.259. The van der Waals surface area contributed by atoms with Crippen LogP contribution < -0.4 is 10.6 Å². The fraction of sp³-hybridized carbons (Fsp3) is 0.0476. The highest BCUT2D eigenvalue weighted by Gasteiger charge is 2.11. The number of amides is 2. The Morgan fingerprint density at radius 2 is 1.78 bits per heavy atom. The van der Waals surface area contributed by atoms with Gasteiger partial charge in [-0.1, -0.05) is 18.7 Å². The fourth-order valence-electron chi connectivity index (χ4n) is 2.55. The van der Waals surface area contributed by atoms with Gasteiger partial charge in [0.05, 0.1) is 11.4 Å². The Morgan fingerprint density at radius 1 is 1.07 bits per heavy atom. The van der Waals surface area contributed by atoms with Crippen LogP contribution in [0.4, 0.5) is 10.1 Å². The van der Waals surface area contributed by atoms with Gasteiger partial charge in [0.15, 0.2) is 0 Å². The lowest BCUT2D eigenvalue weighted by atomic mass is 10.1. The summed E-state index contributed by atoms with van der Waals surface area (Å²) in [6, 6.07) is 14.7. The van der Waals surface area contributed by atoms with Crippen molar-refractivity contribution >= 4 is 17.5 Å². The van der Waals surface area contributed by atoms with Crippen LogP contribution in [0.2, 0.25) is 0 Å². The molecule has 5 nitrogen and oxygen atoms in total. The normalized spacial score (nSPS) is 10.3. The van der Waals surface area contributed by atoms with Gasteiger partial charge in [-0.2, -0.15) is 0 Å². The zero-order valence-electron chi connectivity index (χ0n) is 14.5. The predicted octanol–water partition coefficient (Wildman–Crippen LogP) is 3.67. The van der Waals surface area contributed by atoms with Crippen molar-refractivity contribution < 1.29 is 14.0 Å². The third kappa shape index (κ3) is 4.49. The maximum absolute atomic E-state index is 13.6. The van der Waals surface area contributed by atoms with Gasteiger partial charge in [-0.15, -0.1) is 0 Å². The van der Waals surface area contributed by atoms with Crippen LogP contribution in [0, 0.1) is 5.82 Å². The van der Waals surface area contributed by atoms with Crippen LogP contribution >= 0.6 is 0 Å². The molecule has 6 heteroatoms. The lowest BCUT2D eigenvalue weighted by Crippen LogP contribution is -2.20. The average Bonchev–Trinajstić information content (AvgIpc) is 3.22. The summed E-state index contributed by atoms with van der Waals surface area (Å²) in [6.45, 7) is 3.74. The molecule has 0 aliphatic heterocycles. The second kappa shape index (κ2) is 8.14. The summed E-state index contributed by atoms with van der Waals surface area (Å²) in [6.07, 6.45) is 4.75. The van der Waals surface area contributed by atoms with Gasteiger partial charge in [-0.25, -0.2) is 4.39 Å². The van der Waals surface area contributed by atoms with E-state index in [4.69, 9.17) is 0 Å². The van der Waals surface area contributed by atoms with Crippen molar-refractivity contribution in [2.75, 3.05) is 5.32 Å². The number of benzene rings is 2. The van der Waals surface area contributed by atoms with Gasteiger partial charge in [0.2, 0.25) is 5.91 Å². The molecule has 2 amide bonds. The molecule has 3 rings (SSSR count). The summed E-state index contributed by atoms with van der Waals surface area (Å²) < 4.78 is 15.4. The number of rotatable bonds is 6. The maximum atomic E-state index is 13.6. The van der Waals surface area contributed by atoms with Crippen molar-refractivity contribution in [1.82, 2.24) is 9.88 Å². The van der Waals surface area contributed by atoms with Crippen LogP contribution in [0.15, 0.2) is 79.6 Å². The summed E-state index contributed by atoms with van der Waals surface area (Å²) in [4.78, 5) is 23.7. The number of aromatic nitrogens is 1. The first-order chi connectivity index (χ1) is 13.1. The monoisotopic (exact) mass is 363 g/mol. The Morgan fingerprint density at radius 3 is 2.44 bits per heavy atom. The molecule has 0 unspecified atom stereocenters. The molecular formula is C21H18FN3O2.